The summed E-state index contributed by atoms with van der Waals surface area (Å²) in [6.45, 7) is 27.6. The summed E-state index contributed by atoms with van der Waals surface area (Å²) >= 11 is 0. The van der Waals surface area contributed by atoms with Gasteiger partial charge in [0.15, 0.2) is 23.0 Å². The maximum absolute atomic E-state index is 7.38. The van der Waals surface area contributed by atoms with Gasteiger partial charge in [-0.15, -0.1) is 0 Å². The standard InChI is InChI=1S/C112H91BN4O4/c1-109(2,3)72-52-48-69(49-53-72)83-62-74(111(7,8)9)64-85(79-34-29-47-103-104(79)82-33-17-23-42-98(82)118-103)106(83)116-93-66-76(114-89-37-18-24-43-99(89)119-100-44-25-19-38-90(100)114)56-58-87(93)113-88-59-57-77(115-91-39-20-26-45-101(91)120-102-46-27-21-40-92(102)115)67-94(88)117(96-61-71(60-95(116)105(96)113)68-30-14-13-15-31-68)107-84(70-50-54-73(55-51-70)110(4,5)6)63-75(112(10,11)12)65-86(107)81-36-28-35-80-78-32-16-22-41-97(78)121-108(80)81/h13-67H,1-12H3. The molecule has 2 aromatic heterocycles. The summed E-state index contributed by atoms with van der Waals surface area (Å²) in [5.74, 6) is 3.10. The average molecular weight is 1570 g/mol. The first-order valence-corrected chi connectivity index (χ1v) is 42.4. The molecule has 8 nitrogen and oxygen atoms in total. The minimum absolute atomic E-state index is 0.121. The normalized spacial score (nSPS) is 13.5. The van der Waals surface area contributed by atoms with Crippen LogP contribution in [0.1, 0.15) is 105 Å². The molecule has 0 radical (unpaired) electrons. The van der Waals surface area contributed by atoms with E-state index in [1.807, 2.05) is 0 Å². The zero-order valence-electron chi connectivity index (χ0n) is 70.3. The van der Waals surface area contributed by atoms with Crippen molar-refractivity contribution in [3.63, 3.8) is 0 Å². The van der Waals surface area contributed by atoms with Crippen LogP contribution in [0, 0.1) is 0 Å². The van der Waals surface area contributed by atoms with E-state index >= 15 is 0 Å². The monoisotopic (exact) mass is 1570 g/mol. The fraction of sp³-hybridized carbons (Fsp3) is 0.143. The van der Waals surface area contributed by atoms with Crippen molar-refractivity contribution in [3.8, 4) is 78.6 Å². The van der Waals surface area contributed by atoms with Gasteiger partial charge in [0.05, 0.1) is 34.1 Å². The quantitative estimate of drug-likeness (QED) is 0.133. The van der Waals surface area contributed by atoms with Crippen LogP contribution in [-0.4, -0.2) is 6.71 Å². The molecule has 121 heavy (non-hydrogen) atoms. The van der Waals surface area contributed by atoms with Crippen molar-refractivity contribution in [2.75, 3.05) is 19.6 Å². The molecular weight excluding hydrogens is 1480 g/mol. The molecule has 0 N–H and O–H groups in total. The molecule has 22 rings (SSSR count). The van der Waals surface area contributed by atoms with Gasteiger partial charge in [-0.25, -0.2) is 0 Å². The summed E-state index contributed by atoms with van der Waals surface area (Å²) in [5, 5.41) is 4.23. The minimum Gasteiger partial charge on any atom is -0.456 e. The van der Waals surface area contributed by atoms with Gasteiger partial charge in [0.1, 0.15) is 22.3 Å². The second-order valence-corrected chi connectivity index (χ2v) is 37.2. The van der Waals surface area contributed by atoms with Crippen LogP contribution in [-0.2, 0) is 21.7 Å². The van der Waals surface area contributed by atoms with Crippen molar-refractivity contribution < 1.29 is 18.3 Å². The molecule has 4 aliphatic heterocycles. The van der Waals surface area contributed by atoms with Gasteiger partial charge in [-0.05, 0) is 216 Å². The van der Waals surface area contributed by atoms with Crippen molar-refractivity contribution in [1.29, 1.82) is 0 Å². The molecule has 6 heterocycles. The highest BCUT2D eigenvalue weighted by Gasteiger charge is 2.48. The van der Waals surface area contributed by atoms with Crippen LogP contribution in [0.2, 0.25) is 0 Å². The Morgan fingerprint density at radius 1 is 0.240 bits per heavy atom. The van der Waals surface area contributed by atoms with Crippen LogP contribution in [0.4, 0.5) is 68.2 Å². The van der Waals surface area contributed by atoms with Crippen LogP contribution in [0.3, 0.4) is 0 Å². The lowest BCUT2D eigenvalue weighted by Gasteiger charge is -2.47. The fourth-order valence-electron chi connectivity index (χ4n) is 19.2. The summed E-state index contributed by atoms with van der Waals surface area (Å²) < 4.78 is 28.2. The van der Waals surface area contributed by atoms with Crippen LogP contribution in [0.25, 0.3) is 99.5 Å². The highest BCUT2D eigenvalue weighted by Crippen LogP contribution is 2.60. The molecular formula is C112H91BN4O4. The van der Waals surface area contributed by atoms with Gasteiger partial charge in [-0.1, -0.05) is 289 Å². The van der Waals surface area contributed by atoms with E-state index < -0.39 is 6.71 Å². The number of anilines is 12. The van der Waals surface area contributed by atoms with Crippen molar-refractivity contribution in [2.45, 2.75) is 105 Å². The van der Waals surface area contributed by atoms with Crippen LogP contribution >= 0.6 is 0 Å². The van der Waals surface area contributed by atoms with Crippen molar-refractivity contribution in [1.82, 2.24) is 0 Å². The van der Waals surface area contributed by atoms with E-state index in [0.717, 1.165) is 207 Å². The van der Waals surface area contributed by atoms with E-state index in [1.54, 1.807) is 0 Å². The second kappa shape index (κ2) is 27.3. The third-order valence-electron chi connectivity index (χ3n) is 25.4. The van der Waals surface area contributed by atoms with Crippen molar-refractivity contribution in [2.24, 2.45) is 0 Å². The summed E-state index contributed by atoms with van der Waals surface area (Å²) in [5.41, 5.74) is 33.3. The first kappa shape index (κ1) is 73.4. The van der Waals surface area contributed by atoms with Crippen LogP contribution in [0.15, 0.2) is 342 Å². The number of furan rings is 2. The number of hydrogen-bond donors (Lipinski definition) is 0. The van der Waals surface area contributed by atoms with E-state index in [1.165, 1.54) is 22.3 Å². The van der Waals surface area contributed by atoms with Gasteiger partial charge in [0.25, 0.3) is 6.71 Å². The number of benzene rings is 16. The van der Waals surface area contributed by atoms with Crippen molar-refractivity contribution >= 4 is 135 Å². The number of rotatable bonds is 9. The zero-order valence-corrected chi connectivity index (χ0v) is 70.3. The first-order chi connectivity index (χ1) is 58.5. The maximum Gasteiger partial charge on any atom is 0.252 e. The fourth-order valence-corrected chi connectivity index (χ4v) is 19.2. The Morgan fingerprint density at radius 3 is 1.11 bits per heavy atom. The molecule has 0 atom stereocenters. The number of nitrogens with zero attached hydrogens (tertiary/aromatic N) is 4. The molecule has 18 aromatic rings. The Labute approximate surface area is 707 Å². The molecule has 586 valence electrons. The number of hydrogen-bond acceptors (Lipinski definition) is 8. The third-order valence-corrected chi connectivity index (χ3v) is 25.4. The molecule has 0 bridgehead atoms. The van der Waals surface area contributed by atoms with E-state index in [4.69, 9.17) is 18.3 Å². The molecule has 0 fully saturated rings. The van der Waals surface area contributed by atoms with Gasteiger partial charge in [0, 0.05) is 83.5 Å². The summed E-state index contributed by atoms with van der Waals surface area (Å²) in [7, 11) is 0. The summed E-state index contributed by atoms with van der Waals surface area (Å²) in [6, 6.07) is 124. The SMILES string of the molecule is CC(C)(C)c1ccc(-c2cc(C(C)(C)C)cc(-c3cccc4c3oc3ccccc34)c2N2c3cc(N4c5ccccc5Oc5ccccc54)ccc3B3c4ccc(N5c6ccccc6Oc6ccccc65)cc4N(c4c(-c5ccc(C(C)(C)C)cc5)cc(C(C)(C)C)cc4-c4cccc5oc6ccccc6c45)c4cc(-c5ccccc5)cc2c43)cc1. The van der Waals surface area contributed by atoms with E-state index in [-0.39, 0.29) is 21.7 Å². The topological polar surface area (TPSA) is 57.7 Å². The van der Waals surface area contributed by atoms with Gasteiger partial charge >= 0.3 is 0 Å². The number of para-hydroxylation sites is 11. The van der Waals surface area contributed by atoms with Crippen molar-refractivity contribution in [3.05, 3.63) is 356 Å². The number of fused-ring (bicyclic) bond motifs is 14. The highest BCUT2D eigenvalue weighted by molar-refractivity contribution is 7.00. The zero-order chi connectivity index (χ0) is 82.3. The second-order valence-electron chi connectivity index (χ2n) is 37.2. The van der Waals surface area contributed by atoms with Gasteiger partial charge < -0.3 is 37.9 Å². The van der Waals surface area contributed by atoms with E-state index in [2.05, 4.69) is 436 Å². The van der Waals surface area contributed by atoms with E-state index in [0.29, 0.717) is 0 Å². The minimum atomic E-state index is -0.400. The summed E-state index contributed by atoms with van der Waals surface area (Å²) in [6.07, 6.45) is 0. The Balaban J connectivity index is 0.941. The lowest BCUT2D eigenvalue weighted by Crippen LogP contribution is -2.61. The predicted molar refractivity (Wildman–Crippen MR) is 507 cm³/mol. The van der Waals surface area contributed by atoms with Gasteiger partial charge in [0.2, 0.25) is 0 Å². The molecule has 4 aliphatic rings. The molecule has 0 amide bonds. The Kier molecular flexibility index (Phi) is 16.5. The summed E-state index contributed by atoms with van der Waals surface area (Å²) in [4.78, 5) is 10.2. The predicted octanol–water partition coefficient (Wildman–Crippen LogP) is 30.2. The Hall–Kier alpha value is -14.0. The Morgan fingerprint density at radius 2 is 0.628 bits per heavy atom. The molecule has 0 unspecified atom stereocenters. The smallest absolute Gasteiger partial charge is 0.252 e. The van der Waals surface area contributed by atoms with Gasteiger partial charge in [-0.3, -0.25) is 0 Å². The molecule has 0 aliphatic carbocycles. The third kappa shape index (κ3) is 11.9. The van der Waals surface area contributed by atoms with Crippen LogP contribution < -0.4 is 45.5 Å². The Bertz CT molecular complexity index is 7200. The lowest BCUT2D eigenvalue weighted by atomic mass is 9.33. The van der Waals surface area contributed by atoms with Crippen LogP contribution in [0.5, 0.6) is 23.0 Å². The largest absolute Gasteiger partial charge is 0.456 e. The average Bonchev–Trinajstić information content (AvgIpc) is 0.865. The maximum atomic E-state index is 7.38. The molecule has 0 saturated carbocycles. The highest BCUT2D eigenvalue weighted by atomic mass is 16.5. The molecule has 9 heteroatoms. The van der Waals surface area contributed by atoms with E-state index in [9.17, 15) is 0 Å². The number of ether oxygens (including phenoxy) is 2. The first-order valence-electron chi connectivity index (χ1n) is 42.4. The molecule has 0 saturated heterocycles. The molecule has 16 aromatic carbocycles. The lowest BCUT2D eigenvalue weighted by molar-refractivity contribution is 0.477. The molecule has 0 spiro atoms. The van der Waals surface area contributed by atoms with Gasteiger partial charge in [-0.2, -0.15) is 0 Å².